The van der Waals surface area contributed by atoms with E-state index in [2.05, 4.69) is 4.99 Å². The van der Waals surface area contributed by atoms with Crippen LogP contribution < -0.4 is 4.74 Å². The van der Waals surface area contributed by atoms with Crippen LogP contribution in [0.3, 0.4) is 0 Å². The zero-order chi connectivity index (χ0) is 15.9. The van der Waals surface area contributed by atoms with Crippen molar-refractivity contribution in [3.05, 3.63) is 29.8 Å². The molecule has 21 heavy (non-hydrogen) atoms. The first-order chi connectivity index (χ1) is 9.96. The lowest BCUT2D eigenvalue weighted by atomic mass is 9.89. The number of ketones is 1. The predicted molar refractivity (Wildman–Crippen MR) is 79.5 cm³/mol. The molecule has 0 aromatic heterocycles. The molecule has 0 heterocycles. The van der Waals surface area contributed by atoms with Crippen molar-refractivity contribution in [2.45, 2.75) is 45.1 Å². The molecule has 5 heteroatoms. The van der Waals surface area contributed by atoms with Crippen molar-refractivity contribution in [1.82, 2.24) is 0 Å². The highest BCUT2D eigenvalue weighted by molar-refractivity contribution is 5.90. The van der Waals surface area contributed by atoms with Crippen LogP contribution in [-0.4, -0.2) is 31.1 Å². The van der Waals surface area contributed by atoms with Crippen molar-refractivity contribution in [2.75, 3.05) is 7.11 Å². The van der Waals surface area contributed by atoms with Crippen molar-refractivity contribution < 1.29 is 18.3 Å². The third kappa shape index (κ3) is 4.34. The Balaban J connectivity index is 3.02. The summed E-state index contributed by atoms with van der Waals surface area (Å²) < 4.78 is 31.8. The van der Waals surface area contributed by atoms with Gasteiger partial charge < -0.3 is 4.74 Å². The van der Waals surface area contributed by atoms with Gasteiger partial charge in [-0.05, 0) is 43.2 Å². The Hall–Kier alpha value is -1.78. The molecule has 0 aliphatic heterocycles. The van der Waals surface area contributed by atoms with Gasteiger partial charge in [0.2, 0.25) is 0 Å². The summed E-state index contributed by atoms with van der Waals surface area (Å²) in [4.78, 5) is 15.7. The minimum atomic E-state index is -2.81. The molecule has 0 aliphatic carbocycles. The van der Waals surface area contributed by atoms with Gasteiger partial charge in [-0.15, -0.1) is 0 Å². The van der Waals surface area contributed by atoms with Gasteiger partial charge in [0.1, 0.15) is 5.75 Å². The summed E-state index contributed by atoms with van der Waals surface area (Å²) in [7, 11) is 1.55. The Morgan fingerprint density at radius 3 is 2.43 bits per heavy atom. The molecule has 0 bridgehead atoms. The van der Waals surface area contributed by atoms with Crippen molar-refractivity contribution in [1.29, 1.82) is 0 Å². The van der Waals surface area contributed by atoms with Gasteiger partial charge in [0.05, 0.1) is 7.11 Å². The lowest BCUT2D eigenvalue weighted by Gasteiger charge is -2.26. The van der Waals surface area contributed by atoms with Crippen LogP contribution >= 0.6 is 0 Å². The summed E-state index contributed by atoms with van der Waals surface area (Å²) in [5.41, 5.74) is -1.28. The topological polar surface area (TPSA) is 38.7 Å². The number of halogens is 2. The molecule has 1 atom stereocenters. The molecule has 0 spiro atoms. The fourth-order valence-corrected chi connectivity index (χ4v) is 1.98. The number of benzene rings is 1. The van der Waals surface area contributed by atoms with Crippen molar-refractivity contribution in [3.8, 4) is 5.75 Å². The summed E-state index contributed by atoms with van der Waals surface area (Å²) in [5, 5.41) is 0. The number of methoxy groups -OCH3 is 1. The molecular formula is C16H21F2NO2. The van der Waals surface area contributed by atoms with E-state index >= 15 is 0 Å². The first-order valence-corrected chi connectivity index (χ1v) is 6.94. The maximum absolute atomic E-state index is 13.4. The van der Waals surface area contributed by atoms with E-state index in [1.165, 1.54) is 13.1 Å². The highest BCUT2D eigenvalue weighted by Crippen LogP contribution is 2.28. The molecule has 1 aromatic rings. The Morgan fingerprint density at radius 2 is 2.00 bits per heavy atom. The number of hydrogen-bond donors (Lipinski definition) is 0. The van der Waals surface area contributed by atoms with Gasteiger partial charge in [-0.1, -0.05) is 19.8 Å². The van der Waals surface area contributed by atoms with Crippen LogP contribution in [0.5, 0.6) is 5.75 Å². The van der Waals surface area contributed by atoms with Gasteiger partial charge in [-0.3, -0.25) is 9.79 Å². The average Bonchev–Trinajstić information content (AvgIpc) is 2.47. The van der Waals surface area contributed by atoms with Crippen molar-refractivity contribution in [2.24, 2.45) is 4.99 Å². The maximum Gasteiger partial charge on any atom is 0.270 e. The van der Waals surface area contributed by atoms with E-state index < -0.39 is 17.7 Å². The van der Waals surface area contributed by atoms with Crippen LogP contribution in [0.1, 0.15) is 38.7 Å². The van der Waals surface area contributed by atoms with Crippen LogP contribution in [0.25, 0.3) is 0 Å². The van der Waals surface area contributed by atoms with E-state index in [1.807, 2.05) is 6.92 Å². The van der Waals surface area contributed by atoms with Crippen LogP contribution in [0.4, 0.5) is 8.78 Å². The number of nitrogens with zero attached hydrogens (tertiary/aromatic N) is 1. The molecule has 3 nitrogen and oxygen atoms in total. The molecule has 116 valence electrons. The number of ether oxygens (including phenoxy) is 1. The second kappa shape index (κ2) is 7.86. The van der Waals surface area contributed by atoms with Crippen LogP contribution in [0.15, 0.2) is 29.3 Å². The standard InChI is InChI=1S/C16H21F2NO2/c1-4-5-10-16(12(2)20,15(17)18)19-11-13-6-8-14(21-3)9-7-13/h6-9,11,15H,4-5,10H2,1-3H3. The van der Waals surface area contributed by atoms with E-state index in [0.29, 0.717) is 17.7 Å². The SMILES string of the molecule is CCCCC(N=Cc1ccc(OC)cc1)(C(C)=O)C(F)F. The smallest absolute Gasteiger partial charge is 0.270 e. The zero-order valence-electron chi connectivity index (χ0n) is 12.6. The summed E-state index contributed by atoms with van der Waals surface area (Å²) >= 11 is 0. The normalized spacial score (nSPS) is 14.4. The Kier molecular flexibility index (Phi) is 6.46. The van der Waals surface area contributed by atoms with Gasteiger partial charge in [-0.25, -0.2) is 8.78 Å². The molecule has 1 rings (SSSR count). The fraction of sp³-hybridized carbons (Fsp3) is 0.500. The predicted octanol–water partition coefficient (Wildman–Crippen LogP) is 3.90. The molecule has 0 radical (unpaired) electrons. The summed E-state index contributed by atoms with van der Waals surface area (Å²) in [6.07, 6.45) is -0.147. The summed E-state index contributed by atoms with van der Waals surface area (Å²) in [6, 6.07) is 6.84. The number of carbonyl (C=O) groups is 1. The first kappa shape index (κ1) is 17.3. The fourth-order valence-electron chi connectivity index (χ4n) is 1.98. The molecule has 0 saturated carbocycles. The van der Waals surface area contributed by atoms with Gasteiger partial charge in [0.25, 0.3) is 6.43 Å². The van der Waals surface area contributed by atoms with Gasteiger partial charge in [0, 0.05) is 6.21 Å². The molecule has 0 amide bonds. The third-order valence-electron chi connectivity index (χ3n) is 3.44. The highest BCUT2D eigenvalue weighted by Gasteiger charge is 2.43. The highest BCUT2D eigenvalue weighted by atomic mass is 19.3. The van der Waals surface area contributed by atoms with Gasteiger partial charge in [-0.2, -0.15) is 0 Å². The molecule has 0 fully saturated rings. The van der Waals surface area contributed by atoms with Crippen LogP contribution in [0, 0.1) is 0 Å². The lowest BCUT2D eigenvalue weighted by Crippen LogP contribution is -2.42. The third-order valence-corrected chi connectivity index (χ3v) is 3.44. The Labute approximate surface area is 124 Å². The molecular weight excluding hydrogens is 276 g/mol. The number of unbranched alkanes of at least 4 members (excludes halogenated alkanes) is 1. The minimum absolute atomic E-state index is 0.0587. The Morgan fingerprint density at radius 1 is 1.38 bits per heavy atom. The van der Waals surface area contributed by atoms with E-state index in [1.54, 1.807) is 31.4 Å². The molecule has 0 N–H and O–H groups in total. The van der Waals surface area contributed by atoms with Crippen LogP contribution in [-0.2, 0) is 4.79 Å². The monoisotopic (exact) mass is 297 g/mol. The largest absolute Gasteiger partial charge is 0.497 e. The number of rotatable bonds is 8. The molecule has 1 unspecified atom stereocenters. The zero-order valence-corrected chi connectivity index (χ0v) is 12.6. The quantitative estimate of drug-likeness (QED) is 0.683. The minimum Gasteiger partial charge on any atom is -0.497 e. The molecule has 0 saturated heterocycles. The second-order valence-electron chi connectivity index (χ2n) is 4.92. The number of hydrogen-bond acceptors (Lipinski definition) is 3. The second-order valence-corrected chi connectivity index (χ2v) is 4.92. The summed E-state index contributed by atoms with van der Waals surface area (Å²) in [5.74, 6) is 0.0699. The Bertz CT molecular complexity index is 486. The van der Waals surface area contributed by atoms with Gasteiger partial charge in [0.15, 0.2) is 11.3 Å². The van der Waals surface area contributed by atoms with Crippen molar-refractivity contribution in [3.63, 3.8) is 0 Å². The number of carbonyl (C=O) groups excluding carboxylic acids is 1. The lowest BCUT2D eigenvalue weighted by molar-refractivity contribution is -0.127. The van der Waals surface area contributed by atoms with Crippen LogP contribution in [0.2, 0.25) is 0 Å². The van der Waals surface area contributed by atoms with E-state index in [0.717, 1.165) is 6.42 Å². The van der Waals surface area contributed by atoms with Gasteiger partial charge >= 0.3 is 0 Å². The number of aliphatic imine (C=N–C) groups is 1. The number of alkyl halides is 2. The van der Waals surface area contributed by atoms with E-state index in [9.17, 15) is 13.6 Å². The molecule has 1 aromatic carbocycles. The maximum atomic E-state index is 13.4. The number of Topliss-reactive ketones (excluding diaryl/α,β-unsaturated/α-hetero) is 1. The van der Waals surface area contributed by atoms with E-state index in [-0.39, 0.29) is 6.42 Å². The van der Waals surface area contributed by atoms with E-state index in [4.69, 9.17) is 4.74 Å². The summed E-state index contributed by atoms with van der Waals surface area (Å²) in [6.45, 7) is 3.07. The average molecular weight is 297 g/mol. The van der Waals surface area contributed by atoms with Crippen molar-refractivity contribution >= 4 is 12.0 Å². The molecule has 0 aliphatic rings. The first-order valence-electron chi connectivity index (χ1n) is 6.94.